The van der Waals surface area contributed by atoms with E-state index in [9.17, 15) is 9.18 Å². The van der Waals surface area contributed by atoms with Crippen LogP contribution in [0.1, 0.15) is 12.0 Å². The molecule has 1 atom stereocenters. The van der Waals surface area contributed by atoms with Crippen LogP contribution in [0.2, 0.25) is 5.02 Å². The Hall–Kier alpha value is -0.740. The molecule has 92 valence electrons. The van der Waals surface area contributed by atoms with Gasteiger partial charge in [0.05, 0.1) is 0 Å². The number of thiol groups is 1. The van der Waals surface area contributed by atoms with Crippen LogP contribution < -0.4 is 0 Å². The molecule has 0 saturated carbocycles. The van der Waals surface area contributed by atoms with Gasteiger partial charge in [-0.2, -0.15) is 12.6 Å². The summed E-state index contributed by atoms with van der Waals surface area (Å²) in [5, 5.41) is 0.368. The average molecular weight is 274 g/mol. The van der Waals surface area contributed by atoms with Crippen LogP contribution in [0.4, 0.5) is 4.39 Å². The second-order valence-electron chi connectivity index (χ2n) is 4.26. The molecule has 5 heteroatoms. The van der Waals surface area contributed by atoms with Gasteiger partial charge in [-0.15, -0.1) is 0 Å². The van der Waals surface area contributed by atoms with Crippen LogP contribution in [0.5, 0.6) is 0 Å². The Morgan fingerprint density at radius 1 is 1.53 bits per heavy atom. The molecule has 1 unspecified atom stereocenters. The highest BCUT2D eigenvalue weighted by molar-refractivity contribution is 7.80. The first-order chi connectivity index (χ1) is 8.10. The van der Waals surface area contributed by atoms with Crippen molar-refractivity contribution in [2.24, 2.45) is 5.92 Å². The second-order valence-corrected chi connectivity index (χ2v) is 5.04. The van der Waals surface area contributed by atoms with E-state index in [1.54, 1.807) is 11.0 Å². The summed E-state index contributed by atoms with van der Waals surface area (Å²) >= 11 is 10.1. The lowest BCUT2D eigenvalue weighted by atomic mass is 10.1. The van der Waals surface area contributed by atoms with Gasteiger partial charge in [-0.3, -0.25) is 4.79 Å². The lowest BCUT2D eigenvalue weighted by molar-refractivity contribution is -0.128. The van der Waals surface area contributed by atoms with Crippen LogP contribution in [-0.4, -0.2) is 23.1 Å². The minimum atomic E-state index is -0.361. The number of amides is 1. The fourth-order valence-electron chi connectivity index (χ4n) is 1.98. The predicted octanol–water partition coefficient (Wildman–Crippen LogP) is 2.76. The van der Waals surface area contributed by atoms with Crippen LogP contribution >= 0.6 is 24.2 Å². The van der Waals surface area contributed by atoms with Gasteiger partial charge in [0.1, 0.15) is 5.82 Å². The van der Waals surface area contributed by atoms with Gasteiger partial charge in [-0.25, -0.2) is 4.39 Å². The molecule has 0 radical (unpaired) electrons. The average Bonchev–Trinajstić information content (AvgIpc) is 2.64. The zero-order chi connectivity index (χ0) is 12.4. The maximum absolute atomic E-state index is 12.9. The van der Waals surface area contributed by atoms with Gasteiger partial charge in [0.2, 0.25) is 5.91 Å². The van der Waals surface area contributed by atoms with E-state index in [1.807, 2.05) is 0 Å². The molecule has 2 rings (SSSR count). The molecule has 17 heavy (non-hydrogen) atoms. The van der Waals surface area contributed by atoms with Crippen molar-refractivity contribution in [1.29, 1.82) is 0 Å². The molecule has 1 fully saturated rings. The highest BCUT2D eigenvalue weighted by Gasteiger charge is 2.28. The quantitative estimate of drug-likeness (QED) is 0.840. The minimum absolute atomic E-state index is 0.115. The van der Waals surface area contributed by atoms with Crippen molar-refractivity contribution in [3.8, 4) is 0 Å². The van der Waals surface area contributed by atoms with Gasteiger partial charge < -0.3 is 4.90 Å². The SMILES string of the molecule is O=C1CC(CS)CN1Cc1ccc(F)cc1Cl. The molecule has 1 aliphatic heterocycles. The number of nitrogens with zero attached hydrogens (tertiary/aromatic N) is 1. The smallest absolute Gasteiger partial charge is 0.223 e. The number of hydrogen-bond acceptors (Lipinski definition) is 2. The minimum Gasteiger partial charge on any atom is -0.338 e. The molecular weight excluding hydrogens is 261 g/mol. The fraction of sp³-hybridized carbons (Fsp3) is 0.417. The van der Waals surface area contributed by atoms with E-state index >= 15 is 0 Å². The number of carbonyl (C=O) groups is 1. The highest BCUT2D eigenvalue weighted by Crippen LogP contribution is 2.24. The lowest BCUT2D eigenvalue weighted by Gasteiger charge is -2.17. The summed E-state index contributed by atoms with van der Waals surface area (Å²) in [6.07, 6.45) is 0.544. The topological polar surface area (TPSA) is 20.3 Å². The molecule has 2 nitrogen and oxygen atoms in total. The maximum atomic E-state index is 12.9. The van der Waals surface area contributed by atoms with E-state index in [2.05, 4.69) is 12.6 Å². The van der Waals surface area contributed by atoms with Gasteiger partial charge in [-0.1, -0.05) is 17.7 Å². The molecule has 0 spiro atoms. The van der Waals surface area contributed by atoms with Crippen molar-refractivity contribution in [3.05, 3.63) is 34.6 Å². The van der Waals surface area contributed by atoms with Crippen LogP contribution in [0.15, 0.2) is 18.2 Å². The van der Waals surface area contributed by atoms with Gasteiger partial charge in [0.15, 0.2) is 0 Å². The van der Waals surface area contributed by atoms with E-state index in [-0.39, 0.29) is 11.7 Å². The van der Waals surface area contributed by atoms with Crippen molar-refractivity contribution in [3.63, 3.8) is 0 Å². The van der Waals surface area contributed by atoms with Crippen molar-refractivity contribution < 1.29 is 9.18 Å². The normalized spacial score (nSPS) is 20.1. The van der Waals surface area contributed by atoms with Crippen LogP contribution in [0.3, 0.4) is 0 Å². The van der Waals surface area contributed by atoms with E-state index in [4.69, 9.17) is 11.6 Å². The number of benzene rings is 1. The summed E-state index contributed by atoms with van der Waals surface area (Å²) < 4.78 is 12.9. The molecule has 0 bridgehead atoms. The van der Waals surface area contributed by atoms with Crippen LogP contribution in [-0.2, 0) is 11.3 Å². The first kappa shape index (κ1) is 12.7. The molecule has 0 aliphatic carbocycles. The number of hydrogen-bond donors (Lipinski definition) is 1. The Kier molecular flexibility index (Phi) is 3.94. The predicted molar refractivity (Wildman–Crippen MR) is 68.8 cm³/mol. The molecule has 1 aliphatic rings. The first-order valence-corrected chi connectivity index (χ1v) is 6.43. The molecule has 1 aromatic rings. The standard InChI is InChI=1S/C12H13ClFNOS/c13-11-4-10(14)2-1-9(11)6-15-5-8(7-17)3-12(15)16/h1-2,4,8,17H,3,5-7H2. The molecule has 0 N–H and O–H groups in total. The fourth-order valence-corrected chi connectivity index (χ4v) is 2.46. The first-order valence-electron chi connectivity index (χ1n) is 5.42. The Balaban J connectivity index is 2.08. The third-order valence-corrected chi connectivity index (χ3v) is 3.80. The zero-order valence-corrected chi connectivity index (χ0v) is 10.8. The third-order valence-electron chi connectivity index (χ3n) is 2.93. The Morgan fingerprint density at radius 2 is 2.29 bits per heavy atom. The van der Waals surface area contributed by atoms with E-state index < -0.39 is 0 Å². The summed E-state index contributed by atoms with van der Waals surface area (Å²) in [4.78, 5) is 13.5. The van der Waals surface area contributed by atoms with Gasteiger partial charge in [-0.05, 0) is 29.4 Å². The van der Waals surface area contributed by atoms with E-state index in [1.165, 1.54) is 12.1 Å². The van der Waals surface area contributed by atoms with Crippen molar-refractivity contribution in [1.82, 2.24) is 4.90 Å². The monoisotopic (exact) mass is 273 g/mol. The van der Waals surface area contributed by atoms with Gasteiger partial charge >= 0.3 is 0 Å². The molecule has 1 heterocycles. The van der Waals surface area contributed by atoms with E-state index in [0.29, 0.717) is 36.2 Å². The maximum Gasteiger partial charge on any atom is 0.223 e. The molecule has 1 saturated heterocycles. The third kappa shape index (κ3) is 2.93. The Morgan fingerprint density at radius 3 is 2.88 bits per heavy atom. The Labute approximate surface area is 110 Å². The largest absolute Gasteiger partial charge is 0.338 e. The lowest BCUT2D eigenvalue weighted by Crippen LogP contribution is -2.24. The number of rotatable bonds is 3. The number of carbonyl (C=O) groups excluding carboxylic acids is 1. The number of halogens is 2. The summed E-state index contributed by atoms with van der Waals surface area (Å²) in [7, 11) is 0. The summed E-state index contributed by atoms with van der Waals surface area (Å²) in [6, 6.07) is 4.25. The summed E-state index contributed by atoms with van der Waals surface area (Å²) in [5.74, 6) is 0.772. The van der Waals surface area contributed by atoms with Gasteiger partial charge in [0, 0.05) is 24.5 Å². The molecule has 0 aromatic heterocycles. The van der Waals surface area contributed by atoms with Crippen molar-refractivity contribution >= 4 is 30.1 Å². The molecular formula is C12H13ClFNOS. The second kappa shape index (κ2) is 5.27. The molecule has 1 aromatic carbocycles. The number of likely N-dealkylation sites (tertiary alicyclic amines) is 1. The van der Waals surface area contributed by atoms with Crippen LogP contribution in [0, 0.1) is 11.7 Å². The van der Waals surface area contributed by atoms with Crippen molar-refractivity contribution in [2.75, 3.05) is 12.3 Å². The van der Waals surface area contributed by atoms with Crippen molar-refractivity contribution in [2.45, 2.75) is 13.0 Å². The molecule has 1 amide bonds. The highest BCUT2D eigenvalue weighted by atomic mass is 35.5. The van der Waals surface area contributed by atoms with Crippen LogP contribution in [0.25, 0.3) is 0 Å². The van der Waals surface area contributed by atoms with E-state index in [0.717, 1.165) is 5.56 Å². The summed E-state index contributed by atoms with van der Waals surface area (Å²) in [6.45, 7) is 1.15. The van der Waals surface area contributed by atoms with Gasteiger partial charge in [0.25, 0.3) is 0 Å². The summed E-state index contributed by atoms with van der Waals surface area (Å²) in [5.41, 5.74) is 0.779. The zero-order valence-electron chi connectivity index (χ0n) is 9.20. The Bertz CT molecular complexity index is 441.